The first-order valence-corrected chi connectivity index (χ1v) is 5.39. The molecule has 74 valence electrons. The van der Waals surface area contributed by atoms with Crippen molar-refractivity contribution >= 4 is 32.6 Å². The molecule has 1 aromatic rings. The average molecular weight is 275 g/mol. The lowest BCUT2D eigenvalue weighted by Gasteiger charge is -1.98. The van der Waals surface area contributed by atoms with Crippen molar-refractivity contribution in [3.63, 3.8) is 0 Å². The third-order valence-corrected chi connectivity index (χ3v) is 2.58. The van der Waals surface area contributed by atoms with Crippen LogP contribution in [0.5, 0.6) is 0 Å². The maximum absolute atomic E-state index is 8.86. The van der Waals surface area contributed by atoms with Crippen LogP contribution >= 0.6 is 27.5 Å². The van der Waals surface area contributed by atoms with Crippen molar-refractivity contribution < 1.29 is 4.42 Å². The van der Waals surface area contributed by atoms with E-state index < -0.39 is 0 Å². The number of furan rings is 1. The molecule has 0 saturated heterocycles. The van der Waals surface area contributed by atoms with Gasteiger partial charge in [-0.3, -0.25) is 0 Å². The molecule has 0 aliphatic carbocycles. The van der Waals surface area contributed by atoms with Crippen LogP contribution in [0.15, 0.2) is 27.0 Å². The minimum absolute atomic E-state index is 0.476. The first kappa shape index (κ1) is 11.4. The summed E-state index contributed by atoms with van der Waals surface area (Å²) in [5, 5.41) is 9.34. The van der Waals surface area contributed by atoms with Gasteiger partial charge in [0.25, 0.3) is 0 Å². The Labute approximate surface area is 96.3 Å². The van der Waals surface area contributed by atoms with Crippen molar-refractivity contribution in [3.05, 3.63) is 28.1 Å². The Kier molecular flexibility index (Phi) is 4.24. The van der Waals surface area contributed by atoms with Gasteiger partial charge in [-0.25, -0.2) is 0 Å². The molecule has 0 amide bonds. The smallest absolute Gasteiger partial charge is 0.169 e. The zero-order chi connectivity index (χ0) is 10.6. The summed E-state index contributed by atoms with van der Waals surface area (Å²) in [4.78, 5) is 0. The van der Waals surface area contributed by atoms with Crippen molar-refractivity contribution in [1.82, 2.24) is 0 Å². The number of rotatable bonds is 3. The summed E-state index contributed by atoms with van der Waals surface area (Å²) in [6, 6.07) is 3.85. The zero-order valence-corrected chi connectivity index (χ0v) is 10.0. The van der Waals surface area contributed by atoms with Gasteiger partial charge in [0.2, 0.25) is 0 Å². The third kappa shape index (κ3) is 2.63. The predicted octanol–water partition coefficient (Wildman–Crippen LogP) is 4.32. The molecule has 0 radical (unpaired) electrons. The molecule has 0 bridgehead atoms. The number of hydrogen-bond donors (Lipinski definition) is 0. The van der Waals surface area contributed by atoms with Gasteiger partial charge >= 0.3 is 0 Å². The van der Waals surface area contributed by atoms with E-state index in [1.165, 1.54) is 6.26 Å². The highest BCUT2D eigenvalue weighted by Crippen LogP contribution is 2.28. The van der Waals surface area contributed by atoms with Gasteiger partial charge in [0.1, 0.15) is 6.26 Å². The summed E-state index contributed by atoms with van der Waals surface area (Å²) < 4.78 is 5.66. The molecule has 0 aliphatic heterocycles. The summed E-state index contributed by atoms with van der Waals surface area (Å²) in [5.41, 5.74) is 1.34. The Morgan fingerprint density at radius 3 is 2.86 bits per heavy atom. The number of hydrogen-bond acceptors (Lipinski definition) is 2. The van der Waals surface area contributed by atoms with Crippen molar-refractivity contribution in [3.8, 4) is 6.07 Å². The van der Waals surface area contributed by atoms with Crippen LogP contribution in [-0.2, 0) is 0 Å². The van der Waals surface area contributed by atoms with Crippen molar-refractivity contribution in [2.24, 2.45) is 0 Å². The topological polar surface area (TPSA) is 36.9 Å². The second-order valence-corrected chi connectivity index (χ2v) is 3.95. The summed E-state index contributed by atoms with van der Waals surface area (Å²) in [5.74, 6) is 0. The van der Waals surface area contributed by atoms with E-state index in [9.17, 15) is 0 Å². The van der Waals surface area contributed by atoms with Crippen LogP contribution in [-0.4, -0.2) is 0 Å². The minimum atomic E-state index is 0.476. The van der Waals surface area contributed by atoms with Crippen molar-refractivity contribution in [2.45, 2.75) is 19.8 Å². The van der Waals surface area contributed by atoms with Gasteiger partial charge in [-0.1, -0.05) is 24.9 Å². The molecule has 0 aromatic carbocycles. The van der Waals surface area contributed by atoms with E-state index in [0.29, 0.717) is 21.7 Å². The van der Waals surface area contributed by atoms with Crippen LogP contribution in [0.3, 0.4) is 0 Å². The largest absolute Gasteiger partial charge is 0.457 e. The molecule has 0 N–H and O–H groups in total. The van der Waals surface area contributed by atoms with Crippen LogP contribution in [0.2, 0.25) is 0 Å². The van der Waals surface area contributed by atoms with Gasteiger partial charge in [0.05, 0.1) is 11.1 Å². The standard InChI is InChI=1S/C10H9BrClNO/c1-2-3-7(5-13)10(12)8-4-9(11)14-6-8/h4,6H,2-3H2,1H3/b10-7+. The van der Waals surface area contributed by atoms with E-state index >= 15 is 0 Å². The normalized spacial score (nSPS) is 12.1. The molecule has 1 heterocycles. The van der Waals surface area contributed by atoms with Gasteiger partial charge in [-0.05, 0) is 28.4 Å². The SMILES string of the molecule is CCC/C(C#N)=C(\Cl)c1coc(Br)c1. The quantitative estimate of drug-likeness (QED) is 0.770. The number of halogens is 2. The van der Waals surface area contributed by atoms with Gasteiger partial charge < -0.3 is 4.42 Å². The zero-order valence-electron chi connectivity index (χ0n) is 7.68. The van der Waals surface area contributed by atoms with Crippen LogP contribution in [0.4, 0.5) is 0 Å². The monoisotopic (exact) mass is 273 g/mol. The van der Waals surface area contributed by atoms with E-state index in [0.717, 1.165) is 12.0 Å². The van der Waals surface area contributed by atoms with Gasteiger partial charge in [0.15, 0.2) is 4.67 Å². The fourth-order valence-corrected chi connectivity index (χ4v) is 1.64. The Morgan fingerprint density at radius 2 is 2.43 bits per heavy atom. The van der Waals surface area contributed by atoms with E-state index in [1.807, 2.05) is 6.92 Å². The Bertz CT molecular complexity index is 389. The lowest BCUT2D eigenvalue weighted by Crippen LogP contribution is -1.82. The van der Waals surface area contributed by atoms with E-state index in [4.69, 9.17) is 21.3 Å². The maximum Gasteiger partial charge on any atom is 0.169 e. The first-order valence-electron chi connectivity index (χ1n) is 4.22. The Balaban J connectivity index is 3.02. The Hall–Kier alpha value is -0.720. The molecule has 4 heteroatoms. The van der Waals surface area contributed by atoms with Crippen molar-refractivity contribution in [2.75, 3.05) is 0 Å². The van der Waals surface area contributed by atoms with Crippen LogP contribution in [0.1, 0.15) is 25.3 Å². The molecular weight excluding hydrogens is 265 g/mol. The van der Waals surface area contributed by atoms with Gasteiger partial charge in [-0.2, -0.15) is 5.26 Å². The van der Waals surface area contributed by atoms with E-state index in [2.05, 4.69) is 22.0 Å². The molecule has 0 fully saturated rings. The average Bonchev–Trinajstić information content (AvgIpc) is 2.60. The highest BCUT2D eigenvalue weighted by molar-refractivity contribution is 9.10. The van der Waals surface area contributed by atoms with E-state index in [-0.39, 0.29) is 0 Å². The van der Waals surface area contributed by atoms with E-state index in [1.54, 1.807) is 6.07 Å². The maximum atomic E-state index is 8.86. The van der Waals surface area contributed by atoms with Gasteiger partial charge in [0, 0.05) is 11.1 Å². The molecule has 1 rings (SSSR count). The molecule has 14 heavy (non-hydrogen) atoms. The number of nitriles is 1. The second-order valence-electron chi connectivity index (χ2n) is 2.79. The van der Waals surface area contributed by atoms with Crippen LogP contribution in [0.25, 0.3) is 5.03 Å². The third-order valence-electron chi connectivity index (χ3n) is 1.72. The second kappa shape index (κ2) is 5.23. The van der Waals surface area contributed by atoms with Crippen molar-refractivity contribution in [1.29, 1.82) is 5.26 Å². The number of allylic oxidation sites excluding steroid dienone is 1. The molecule has 0 atom stereocenters. The summed E-state index contributed by atoms with van der Waals surface area (Å²) >= 11 is 9.22. The lowest BCUT2D eigenvalue weighted by atomic mass is 10.1. The predicted molar refractivity (Wildman–Crippen MR) is 59.7 cm³/mol. The van der Waals surface area contributed by atoms with Crippen LogP contribution in [0, 0.1) is 11.3 Å². The molecule has 1 aromatic heterocycles. The summed E-state index contributed by atoms with van der Waals surface area (Å²) in [6.07, 6.45) is 3.12. The molecule has 0 unspecified atom stereocenters. The van der Waals surface area contributed by atoms with Gasteiger partial charge in [-0.15, -0.1) is 0 Å². The number of nitrogens with zero attached hydrogens (tertiary/aromatic N) is 1. The highest BCUT2D eigenvalue weighted by atomic mass is 79.9. The first-order chi connectivity index (χ1) is 6.69. The molecule has 0 saturated carbocycles. The molecule has 0 aliphatic rings. The molecular formula is C10H9BrClNO. The fourth-order valence-electron chi connectivity index (χ4n) is 1.06. The summed E-state index contributed by atoms with van der Waals surface area (Å²) in [6.45, 7) is 2.01. The molecule has 0 spiro atoms. The minimum Gasteiger partial charge on any atom is -0.457 e. The highest BCUT2D eigenvalue weighted by Gasteiger charge is 2.08. The Morgan fingerprint density at radius 1 is 1.71 bits per heavy atom. The fraction of sp³-hybridized carbons (Fsp3) is 0.300. The lowest BCUT2D eigenvalue weighted by molar-refractivity contribution is 0.540. The van der Waals surface area contributed by atoms with Crippen LogP contribution < -0.4 is 0 Å². The summed E-state index contributed by atoms with van der Waals surface area (Å²) in [7, 11) is 0. The molecule has 2 nitrogen and oxygen atoms in total.